The highest BCUT2D eigenvalue weighted by Gasteiger charge is 2.20. The van der Waals surface area contributed by atoms with Gasteiger partial charge in [0.2, 0.25) is 5.91 Å². The lowest BCUT2D eigenvalue weighted by molar-refractivity contribution is -0.131. The Bertz CT molecular complexity index is 888. The maximum absolute atomic E-state index is 13.4. The van der Waals surface area contributed by atoms with E-state index in [2.05, 4.69) is 4.98 Å². The molecular weight excluding hydrogens is 310 g/mol. The van der Waals surface area contributed by atoms with Gasteiger partial charge in [-0.25, -0.2) is 8.78 Å². The zero-order valence-electron chi connectivity index (χ0n) is 13.5. The van der Waals surface area contributed by atoms with E-state index in [4.69, 9.17) is 0 Å². The van der Waals surface area contributed by atoms with Gasteiger partial charge in [-0.2, -0.15) is 0 Å². The van der Waals surface area contributed by atoms with Gasteiger partial charge in [-0.15, -0.1) is 0 Å². The third kappa shape index (κ3) is 3.02. The number of aromatic amines is 1. The van der Waals surface area contributed by atoms with Crippen LogP contribution < -0.4 is 0 Å². The summed E-state index contributed by atoms with van der Waals surface area (Å²) >= 11 is 0. The highest BCUT2D eigenvalue weighted by molar-refractivity contribution is 5.88. The lowest BCUT2D eigenvalue weighted by Crippen LogP contribution is -2.31. The monoisotopic (exact) mass is 328 g/mol. The third-order valence-electron chi connectivity index (χ3n) is 4.42. The Kier molecular flexibility index (Phi) is 4.34. The van der Waals surface area contributed by atoms with Gasteiger partial charge in [0.1, 0.15) is 0 Å². The molecule has 0 aliphatic rings. The Morgan fingerprint density at radius 1 is 1.17 bits per heavy atom. The van der Waals surface area contributed by atoms with Gasteiger partial charge in [0.15, 0.2) is 11.6 Å². The molecular formula is C19H18F2N2O. The van der Waals surface area contributed by atoms with Crippen LogP contribution >= 0.6 is 0 Å². The summed E-state index contributed by atoms with van der Waals surface area (Å²) < 4.78 is 26.5. The average Bonchev–Trinajstić information content (AvgIpc) is 2.99. The molecule has 0 saturated carbocycles. The summed E-state index contributed by atoms with van der Waals surface area (Å²) in [5.74, 6) is -1.88. The van der Waals surface area contributed by atoms with Crippen LogP contribution in [0, 0.1) is 11.6 Å². The first-order valence-electron chi connectivity index (χ1n) is 7.73. The van der Waals surface area contributed by atoms with Crippen LogP contribution in [0.3, 0.4) is 0 Å². The number of halogens is 2. The maximum atomic E-state index is 13.4. The largest absolute Gasteiger partial charge is 0.361 e. The van der Waals surface area contributed by atoms with E-state index in [1.54, 1.807) is 18.9 Å². The van der Waals surface area contributed by atoms with E-state index in [1.807, 2.05) is 30.5 Å². The highest BCUT2D eigenvalue weighted by atomic mass is 19.2. The zero-order chi connectivity index (χ0) is 17.3. The van der Waals surface area contributed by atoms with Crippen molar-refractivity contribution < 1.29 is 13.6 Å². The minimum atomic E-state index is -0.906. The second kappa shape index (κ2) is 6.43. The second-order valence-corrected chi connectivity index (χ2v) is 5.89. The molecule has 0 aliphatic heterocycles. The van der Waals surface area contributed by atoms with Crippen LogP contribution in [0.2, 0.25) is 0 Å². The number of fused-ring (bicyclic) bond motifs is 1. The standard InChI is InChI=1S/C19H18F2N2O/c1-12(13-7-8-16(20)17(21)9-13)23(2)19(24)10-14-11-22-18-6-4-3-5-15(14)18/h3-9,11-12,22H,10H2,1-2H3. The minimum Gasteiger partial charge on any atom is -0.361 e. The number of benzene rings is 2. The number of para-hydroxylation sites is 1. The Morgan fingerprint density at radius 2 is 1.92 bits per heavy atom. The summed E-state index contributed by atoms with van der Waals surface area (Å²) in [6, 6.07) is 11.1. The molecule has 3 aromatic rings. The predicted octanol–water partition coefficient (Wildman–Crippen LogP) is 4.21. The van der Waals surface area contributed by atoms with Crippen molar-refractivity contribution in [3.05, 3.63) is 71.4 Å². The molecule has 0 saturated heterocycles. The van der Waals surface area contributed by atoms with Crippen molar-refractivity contribution in [2.24, 2.45) is 0 Å². The number of rotatable bonds is 4. The summed E-state index contributed by atoms with van der Waals surface area (Å²) in [6.45, 7) is 1.79. The van der Waals surface area contributed by atoms with E-state index < -0.39 is 11.6 Å². The van der Waals surface area contributed by atoms with Gasteiger partial charge in [-0.05, 0) is 36.2 Å². The normalized spacial score (nSPS) is 12.3. The molecule has 1 atom stereocenters. The summed E-state index contributed by atoms with van der Waals surface area (Å²) in [4.78, 5) is 17.3. The Balaban J connectivity index is 1.77. The van der Waals surface area contributed by atoms with E-state index in [0.717, 1.165) is 28.6 Å². The first-order chi connectivity index (χ1) is 11.5. The highest BCUT2D eigenvalue weighted by Crippen LogP contribution is 2.23. The number of carbonyl (C=O) groups is 1. The maximum Gasteiger partial charge on any atom is 0.227 e. The summed E-state index contributed by atoms with van der Waals surface area (Å²) in [5.41, 5.74) is 2.46. The number of H-pyrrole nitrogens is 1. The van der Waals surface area contributed by atoms with Crippen LogP contribution in [0.5, 0.6) is 0 Å². The molecule has 2 aromatic carbocycles. The van der Waals surface area contributed by atoms with Crippen LogP contribution in [-0.4, -0.2) is 22.8 Å². The molecule has 1 heterocycles. The van der Waals surface area contributed by atoms with Gasteiger partial charge < -0.3 is 9.88 Å². The smallest absolute Gasteiger partial charge is 0.227 e. The van der Waals surface area contributed by atoms with Crippen LogP contribution in [0.4, 0.5) is 8.78 Å². The minimum absolute atomic E-state index is 0.0861. The second-order valence-electron chi connectivity index (χ2n) is 5.89. The number of nitrogens with zero attached hydrogens (tertiary/aromatic N) is 1. The van der Waals surface area contributed by atoms with Crippen LogP contribution in [0.1, 0.15) is 24.1 Å². The number of likely N-dealkylation sites (N-methyl/N-ethyl adjacent to an activating group) is 1. The number of hydrogen-bond acceptors (Lipinski definition) is 1. The van der Waals surface area contributed by atoms with E-state index in [-0.39, 0.29) is 18.4 Å². The van der Waals surface area contributed by atoms with E-state index in [9.17, 15) is 13.6 Å². The van der Waals surface area contributed by atoms with Crippen molar-refractivity contribution in [1.29, 1.82) is 0 Å². The Morgan fingerprint density at radius 3 is 2.67 bits per heavy atom. The number of hydrogen-bond donors (Lipinski definition) is 1. The molecule has 5 heteroatoms. The molecule has 24 heavy (non-hydrogen) atoms. The molecule has 0 fully saturated rings. The summed E-state index contributed by atoms with van der Waals surface area (Å²) in [6.07, 6.45) is 2.08. The molecule has 1 unspecified atom stereocenters. The van der Waals surface area contributed by atoms with Crippen molar-refractivity contribution in [3.63, 3.8) is 0 Å². The molecule has 0 radical (unpaired) electrons. The zero-order valence-corrected chi connectivity index (χ0v) is 13.5. The molecule has 1 N–H and O–H groups in total. The van der Waals surface area contributed by atoms with E-state index in [1.165, 1.54) is 6.07 Å². The molecule has 1 amide bonds. The molecule has 124 valence electrons. The molecule has 0 aliphatic carbocycles. The first kappa shape index (κ1) is 16.2. The lowest BCUT2D eigenvalue weighted by Gasteiger charge is -2.25. The fourth-order valence-electron chi connectivity index (χ4n) is 2.78. The van der Waals surface area contributed by atoms with Crippen molar-refractivity contribution in [2.75, 3.05) is 7.05 Å². The van der Waals surface area contributed by atoms with Gasteiger partial charge in [-0.3, -0.25) is 4.79 Å². The van der Waals surface area contributed by atoms with Crippen molar-refractivity contribution in [1.82, 2.24) is 9.88 Å². The fourth-order valence-corrected chi connectivity index (χ4v) is 2.78. The molecule has 3 rings (SSSR count). The Hall–Kier alpha value is -2.69. The molecule has 0 bridgehead atoms. The summed E-state index contributed by atoms with van der Waals surface area (Å²) in [7, 11) is 1.67. The summed E-state index contributed by atoms with van der Waals surface area (Å²) in [5, 5.41) is 1.01. The van der Waals surface area contributed by atoms with Crippen LogP contribution in [-0.2, 0) is 11.2 Å². The fraction of sp³-hybridized carbons (Fsp3) is 0.211. The predicted molar refractivity (Wildman–Crippen MR) is 89.5 cm³/mol. The first-order valence-corrected chi connectivity index (χ1v) is 7.73. The molecule has 3 nitrogen and oxygen atoms in total. The number of aromatic nitrogens is 1. The lowest BCUT2D eigenvalue weighted by atomic mass is 10.1. The number of amides is 1. The van der Waals surface area contributed by atoms with Gasteiger partial charge in [0, 0.05) is 24.1 Å². The van der Waals surface area contributed by atoms with Crippen LogP contribution in [0.15, 0.2) is 48.7 Å². The van der Waals surface area contributed by atoms with Gasteiger partial charge in [0.25, 0.3) is 0 Å². The van der Waals surface area contributed by atoms with E-state index in [0.29, 0.717) is 5.56 Å². The SMILES string of the molecule is CC(c1ccc(F)c(F)c1)N(C)C(=O)Cc1c[nH]c2ccccc12. The van der Waals surface area contributed by atoms with Crippen molar-refractivity contribution >= 4 is 16.8 Å². The third-order valence-corrected chi connectivity index (χ3v) is 4.42. The van der Waals surface area contributed by atoms with Gasteiger partial charge in [-0.1, -0.05) is 24.3 Å². The number of carbonyl (C=O) groups excluding carboxylic acids is 1. The number of nitrogens with one attached hydrogen (secondary N) is 1. The molecule has 1 aromatic heterocycles. The van der Waals surface area contributed by atoms with E-state index >= 15 is 0 Å². The van der Waals surface area contributed by atoms with Gasteiger partial charge >= 0.3 is 0 Å². The van der Waals surface area contributed by atoms with Gasteiger partial charge in [0.05, 0.1) is 12.5 Å². The van der Waals surface area contributed by atoms with Crippen molar-refractivity contribution in [3.8, 4) is 0 Å². The quantitative estimate of drug-likeness (QED) is 0.765. The topological polar surface area (TPSA) is 36.1 Å². The molecule has 0 spiro atoms. The van der Waals surface area contributed by atoms with Crippen LogP contribution in [0.25, 0.3) is 10.9 Å². The average molecular weight is 328 g/mol. The van der Waals surface area contributed by atoms with Crippen molar-refractivity contribution in [2.45, 2.75) is 19.4 Å². The Labute approximate surface area is 138 Å².